The van der Waals surface area contributed by atoms with Gasteiger partial charge in [-0.25, -0.2) is 4.39 Å². The number of benzene rings is 2. The van der Waals surface area contributed by atoms with Crippen LogP contribution in [0.2, 0.25) is 5.02 Å². The summed E-state index contributed by atoms with van der Waals surface area (Å²) in [6.45, 7) is -0.204. The standard InChI is InChI=1S/C19H14ClFN2O3S/c20-14-7-5-11(17-8-6-12(10-24)26-17)9-16(14)22-19(27)23-18(25)13-3-1-2-4-15(13)21/h1-9,24H,10H2,(H2,22,23,25,27). The molecular formula is C19H14ClFN2O3S. The number of amides is 1. The molecule has 0 saturated carbocycles. The van der Waals surface area contributed by atoms with Crippen LogP contribution in [0.5, 0.6) is 0 Å². The molecule has 3 rings (SSSR count). The molecule has 1 amide bonds. The minimum Gasteiger partial charge on any atom is -0.459 e. The molecule has 0 aliphatic carbocycles. The zero-order valence-corrected chi connectivity index (χ0v) is 15.4. The zero-order chi connectivity index (χ0) is 19.4. The Morgan fingerprint density at radius 2 is 1.96 bits per heavy atom. The summed E-state index contributed by atoms with van der Waals surface area (Å²) >= 11 is 11.3. The van der Waals surface area contributed by atoms with Crippen LogP contribution < -0.4 is 10.6 Å². The van der Waals surface area contributed by atoms with Gasteiger partial charge in [0.05, 0.1) is 16.3 Å². The number of halogens is 2. The van der Waals surface area contributed by atoms with E-state index in [4.69, 9.17) is 33.3 Å². The molecule has 1 heterocycles. The van der Waals surface area contributed by atoms with Crippen molar-refractivity contribution in [1.29, 1.82) is 0 Å². The summed E-state index contributed by atoms with van der Waals surface area (Å²) in [5.41, 5.74) is 1.02. The van der Waals surface area contributed by atoms with Crippen LogP contribution in [0.15, 0.2) is 59.0 Å². The number of carbonyl (C=O) groups excluding carboxylic acids is 1. The van der Waals surface area contributed by atoms with Gasteiger partial charge in [0.25, 0.3) is 5.91 Å². The molecule has 5 nitrogen and oxygen atoms in total. The van der Waals surface area contributed by atoms with E-state index in [1.54, 1.807) is 36.4 Å². The highest BCUT2D eigenvalue weighted by atomic mass is 35.5. The van der Waals surface area contributed by atoms with Crippen LogP contribution >= 0.6 is 23.8 Å². The number of anilines is 1. The summed E-state index contributed by atoms with van der Waals surface area (Å²) in [6.07, 6.45) is 0. The summed E-state index contributed by atoms with van der Waals surface area (Å²) in [4.78, 5) is 12.1. The average molecular weight is 405 g/mol. The number of aliphatic hydroxyl groups excluding tert-OH is 1. The fourth-order valence-corrected chi connectivity index (χ4v) is 2.73. The second-order valence-corrected chi connectivity index (χ2v) is 6.32. The van der Waals surface area contributed by atoms with Crippen molar-refractivity contribution < 1.29 is 18.7 Å². The lowest BCUT2D eigenvalue weighted by atomic mass is 10.1. The minimum atomic E-state index is -0.670. The van der Waals surface area contributed by atoms with Gasteiger partial charge in [-0.3, -0.25) is 10.1 Å². The van der Waals surface area contributed by atoms with Crippen molar-refractivity contribution in [1.82, 2.24) is 5.32 Å². The first-order valence-corrected chi connectivity index (χ1v) is 8.63. The van der Waals surface area contributed by atoms with Crippen molar-refractivity contribution in [2.24, 2.45) is 0 Å². The third-order valence-electron chi connectivity index (χ3n) is 3.66. The molecule has 138 valence electrons. The van der Waals surface area contributed by atoms with Gasteiger partial charge in [0, 0.05) is 5.56 Å². The van der Waals surface area contributed by atoms with Crippen LogP contribution in [-0.4, -0.2) is 16.1 Å². The van der Waals surface area contributed by atoms with Gasteiger partial charge < -0.3 is 14.8 Å². The highest BCUT2D eigenvalue weighted by Crippen LogP contribution is 2.30. The lowest BCUT2D eigenvalue weighted by Crippen LogP contribution is -2.34. The number of hydrogen-bond acceptors (Lipinski definition) is 4. The normalized spacial score (nSPS) is 10.5. The number of nitrogens with one attached hydrogen (secondary N) is 2. The Kier molecular flexibility index (Phi) is 5.85. The summed E-state index contributed by atoms with van der Waals surface area (Å²) in [7, 11) is 0. The van der Waals surface area contributed by atoms with Gasteiger partial charge in [-0.1, -0.05) is 23.7 Å². The topological polar surface area (TPSA) is 74.5 Å². The molecule has 0 aliphatic heterocycles. The van der Waals surface area contributed by atoms with Gasteiger partial charge in [-0.2, -0.15) is 0 Å². The van der Waals surface area contributed by atoms with E-state index in [-0.39, 0.29) is 17.3 Å². The number of carbonyl (C=O) groups is 1. The van der Waals surface area contributed by atoms with Gasteiger partial charge in [-0.15, -0.1) is 0 Å². The van der Waals surface area contributed by atoms with Crippen LogP contribution in [-0.2, 0) is 6.61 Å². The van der Waals surface area contributed by atoms with Crippen LogP contribution in [0.1, 0.15) is 16.1 Å². The van der Waals surface area contributed by atoms with Gasteiger partial charge in [0.15, 0.2) is 5.11 Å². The predicted octanol–water partition coefficient (Wildman–Crippen LogP) is 4.36. The predicted molar refractivity (Wildman–Crippen MR) is 105 cm³/mol. The van der Waals surface area contributed by atoms with E-state index in [1.165, 1.54) is 18.2 Å². The Labute approximate surface area is 164 Å². The second-order valence-electron chi connectivity index (χ2n) is 5.51. The third-order valence-corrected chi connectivity index (χ3v) is 4.20. The molecular weight excluding hydrogens is 391 g/mol. The maximum Gasteiger partial charge on any atom is 0.260 e. The molecule has 0 atom stereocenters. The molecule has 27 heavy (non-hydrogen) atoms. The smallest absolute Gasteiger partial charge is 0.260 e. The molecule has 1 aromatic heterocycles. The van der Waals surface area contributed by atoms with Gasteiger partial charge in [-0.05, 0) is 54.7 Å². The highest BCUT2D eigenvalue weighted by molar-refractivity contribution is 7.80. The molecule has 0 bridgehead atoms. The molecule has 2 aromatic carbocycles. The van der Waals surface area contributed by atoms with Crippen LogP contribution in [0.3, 0.4) is 0 Å². The average Bonchev–Trinajstić information content (AvgIpc) is 3.13. The first-order valence-electron chi connectivity index (χ1n) is 7.84. The molecule has 0 spiro atoms. The van der Waals surface area contributed by atoms with Crippen molar-refractivity contribution in [3.05, 3.63) is 76.8 Å². The Morgan fingerprint density at radius 3 is 2.67 bits per heavy atom. The summed E-state index contributed by atoms with van der Waals surface area (Å²) in [5.74, 6) is -0.339. The maximum atomic E-state index is 13.7. The SMILES string of the molecule is O=C(NC(=S)Nc1cc(-c2ccc(CO)o2)ccc1Cl)c1ccccc1F. The van der Waals surface area contributed by atoms with Crippen molar-refractivity contribution in [2.75, 3.05) is 5.32 Å². The molecule has 3 aromatic rings. The van der Waals surface area contributed by atoms with E-state index >= 15 is 0 Å². The zero-order valence-electron chi connectivity index (χ0n) is 13.8. The fraction of sp³-hybridized carbons (Fsp3) is 0.0526. The van der Waals surface area contributed by atoms with E-state index < -0.39 is 11.7 Å². The van der Waals surface area contributed by atoms with Crippen LogP contribution in [0, 0.1) is 5.82 Å². The number of aliphatic hydroxyl groups is 1. The Balaban J connectivity index is 1.74. The van der Waals surface area contributed by atoms with Crippen molar-refractivity contribution >= 4 is 40.5 Å². The maximum absolute atomic E-state index is 13.7. The number of rotatable bonds is 4. The monoisotopic (exact) mass is 404 g/mol. The van der Waals surface area contributed by atoms with E-state index in [0.717, 1.165) is 0 Å². The Morgan fingerprint density at radius 1 is 1.19 bits per heavy atom. The highest BCUT2D eigenvalue weighted by Gasteiger charge is 2.14. The van der Waals surface area contributed by atoms with Crippen molar-refractivity contribution in [2.45, 2.75) is 6.61 Å². The first kappa shape index (κ1) is 19.0. The van der Waals surface area contributed by atoms with Gasteiger partial charge in [0.1, 0.15) is 23.9 Å². The van der Waals surface area contributed by atoms with E-state index in [9.17, 15) is 9.18 Å². The number of hydrogen-bond donors (Lipinski definition) is 3. The van der Waals surface area contributed by atoms with Crippen molar-refractivity contribution in [3.63, 3.8) is 0 Å². The fourth-order valence-electron chi connectivity index (χ4n) is 2.36. The molecule has 0 unspecified atom stereocenters. The molecule has 0 aliphatic rings. The Bertz CT molecular complexity index is 1010. The summed E-state index contributed by atoms with van der Waals surface area (Å²) < 4.78 is 19.2. The molecule has 0 fully saturated rings. The van der Waals surface area contributed by atoms with Gasteiger partial charge >= 0.3 is 0 Å². The number of furan rings is 1. The first-order chi connectivity index (χ1) is 13.0. The van der Waals surface area contributed by atoms with Crippen LogP contribution in [0.4, 0.5) is 10.1 Å². The van der Waals surface area contributed by atoms with Gasteiger partial charge in [0.2, 0.25) is 0 Å². The molecule has 3 N–H and O–H groups in total. The van der Waals surface area contributed by atoms with E-state index in [2.05, 4.69) is 10.6 Å². The van der Waals surface area contributed by atoms with Crippen LogP contribution in [0.25, 0.3) is 11.3 Å². The third kappa shape index (κ3) is 4.51. The molecule has 0 saturated heterocycles. The molecule has 8 heteroatoms. The molecule has 0 radical (unpaired) electrons. The quantitative estimate of drug-likeness (QED) is 0.563. The number of thiocarbonyl (C=S) groups is 1. The Hall–Kier alpha value is -2.74. The van der Waals surface area contributed by atoms with E-state index in [0.29, 0.717) is 27.8 Å². The second kappa shape index (κ2) is 8.30. The largest absolute Gasteiger partial charge is 0.459 e. The van der Waals surface area contributed by atoms with E-state index in [1.807, 2.05) is 0 Å². The summed E-state index contributed by atoms with van der Waals surface area (Å²) in [5, 5.41) is 14.7. The minimum absolute atomic E-state index is 0.0298. The van der Waals surface area contributed by atoms with Crippen molar-refractivity contribution in [3.8, 4) is 11.3 Å². The lowest BCUT2D eigenvalue weighted by molar-refractivity contribution is 0.0974. The lowest BCUT2D eigenvalue weighted by Gasteiger charge is -2.12. The summed E-state index contributed by atoms with van der Waals surface area (Å²) in [6, 6.07) is 14.0.